The maximum absolute atomic E-state index is 13.4. The topological polar surface area (TPSA) is 12.0 Å². The van der Waals surface area contributed by atoms with Gasteiger partial charge in [0.15, 0.2) is 0 Å². The third-order valence-corrected chi connectivity index (χ3v) is 5.14. The molecule has 3 unspecified atom stereocenters. The first-order valence-electron chi connectivity index (χ1n) is 7.44. The normalized spacial score (nSPS) is 30.7. The van der Waals surface area contributed by atoms with Crippen molar-refractivity contribution in [3.05, 3.63) is 29.0 Å². The second-order valence-corrected chi connectivity index (χ2v) is 6.50. The van der Waals surface area contributed by atoms with E-state index >= 15 is 0 Å². The van der Waals surface area contributed by atoms with Crippen LogP contribution in [-0.4, -0.2) is 6.04 Å². The van der Waals surface area contributed by atoms with E-state index in [2.05, 4.69) is 5.32 Å². The van der Waals surface area contributed by atoms with E-state index < -0.39 is 0 Å². The minimum atomic E-state index is -0.335. The van der Waals surface area contributed by atoms with Gasteiger partial charge in [-0.25, -0.2) is 4.39 Å². The van der Waals surface area contributed by atoms with E-state index in [-0.39, 0.29) is 10.8 Å². The maximum atomic E-state index is 13.4. The average molecular weight is 282 g/mol. The summed E-state index contributed by atoms with van der Waals surface area (Å²) < 4.78 is 13.4. The third-order valence-electron chi connectivity index (χ3n) is 4.83. The Labute approximate surface area is 119 Å². The van der Waals surface area contributed by atoms with Crippen LogP contribution in [-0.2, 0) is 0 Å². The molecule has 3 rings (SSSR count). The van der Waals surface area contributed by atoms with Gasteiger partial charge in [-0.1, -0.05) is 37.3 Å². The molecular formula is C16H21ClFN. The highest BCUT2D eigenvalue weighted by Crippen LogP contribution is 2.41. The molecule has 2 fully saturated rings. The molecule has 1 aromatic rings. The van der Waals surface area contributed by atoms with Crippen molar-refractivity contribution in [3.63, 3.8) is 0 Å². The van der Waals surface area contributed by atoms with Crippen LogP contribution in [0.2, 0.25) is 5.02 Å². The molecule has 1 nitrogen and oxygen atoms in total. The summed E-state index contributed by atoms with van der Waals surface area (Å²) in [4.78, 5) is 0. The molecule has 104 valence electrons. The first kappa shape index (κ1) is 13.2. The van der Waals surface area contributed by atoms with E-state index in [1.165, 1.54) is 51.0 Å². The van der Waals surface area contributed by atoms with Gasteiger partial charge in [0.2, 0.25) is 0 Å². The highest BCUT2D eigenvalue weighted by Gasteiger charge is 2.31. The average Bonchev–Trinajstić information content (AvgIpc) is 2.43. The standard InChI is InChI=1S/C16H21ClFN/c17-15-8-7-14(10-16(15)18)19-13-6-5-11-3-1-2-4-12(11)9-13/h7-8,10-13,19H,1-6,9H2. The lowest BCUT2D eigenvalue weighted by molar-refractivity contribution is 0.162. The lowest BCUT2D eigenvalue weighted by Gasteiger charge is -2.39. The van der Waals surface area contributed by atoms with Crippen LogP contribution < -0.4 is 5.32 Å². The van der Waals surface area contributed by atoms with Gasteiger partial charge in [0.1, 0.15) is 5.82 Å². The lowest BCUT2D eigenvalue weighted by atomic mass is 9.69. The Morgan fingerprint density at radius 1 is 1.05 bits per heavy atom. The number of fused-ring (bicyclic) bond motifs is 1. The summed E-state index contributed by atoms with van der Waals surface area (Å²) >= 11 is 5.71. The fourth-order valence-corrected chi connectivity index (χ4v) is 3.94. The van der Waals surface area contributed by atoms with E-state index in [1.54, 1.807) is 6.07 Å². The van der Waals surface area contributed by atoms with Gasteiger partial charge in [0.05, 0.1) is 5.02 Å². The molecule has 3 heteroatoms. The number of halogens is 2. The largest absolute Gasteiger partial charge is 0.382 e. The van der Waals surface area contributed by atoms with Crippen LogP contribution in [0.15, 0.2) is 18.2 Å². The van der Waals surface area contributed by atoms with E-state index in [4.69, 9.17) is 11.6 Å². The molecule has 0 heterocycles. The quantitative estimate of drug-likeness (QED) is 0.781. The minimum absolute atomic E-state index is 0.196. The summed E-state index contributed by atoms with van der Waals surface area (Å²) in [5.41, 5.74) is 0.862. The highest BCUT2D eigenvalue weighted by atomic mass is 35.5. The van der Waals surface area contributed by atoms with Gasteiger partial charge >= 0.3 is 0 Å². The van der Waals surface area contributed by atoms with Crippen molar-refractivity contribution in [2.45, 2.75) is 51.0 Å². The summed E-state index contributed by atoms with van der Waals surface area (Å²) in [6.45, 7) is 0. The Balaban J connectivity index is 1.62. The van der Waals surface area contributed by atoms with Gasteiger partial charge in [-0.2, -0.15) is 0 Å². The van der Waals surface area contributed by atoms with Crippen molar-refractivity contribution in [1.29, 1.82) is 0 Å². The molecule has 1 N–H and O–H groups in total. The first-order valence-corrected chi connectivity index (χ1v) is 7.82. The van der Waals surface area contributed by atoms with Crippen LogP contribution in [0.4, 0.5) is 10.1 Å². The van der Waals surface area contributed by atoms with Crippen LogP contribution in [0.3, 0.4) is 0 Å². The number of rotatable bonds is 2. The number of anilines is 1. The summed E-state index contributed by atoms with van der Waals surface area (Å²) in [6.07, 6.45) is 9.41. The molecule has 2 aliphatic carbocycles. The van der Waals surface area contributed by atoms with Crippen molar-refractivity contribution in [3.8, 4) is 0 Å². The molecule has 0 aliphatic heterocycles. The molecule has 2 aliphatic rings. The van der Waals surface area contributed by atoms with Crippen molar-refractivity contribution >= 4 is 17.3 Å². The predicted octanol–water partition coefficient (Wildman–Crippen LogP) is 5.25. The number of benzene rings is 1. The van der Waals surface area contributed by atoms with Gasteiger partial charge in [-0.05, 0) is 49.3 Å². The Bertz CT molecular complexity index is 448. The monoisotopic (exact) mass is 281 g/mol. The fraction of sp³-hybridized carbons (Fsp3) is 0.625. The van der Waals surface area contributed by atoms with Gasteiger partial charge < -0.3 is 5.32 Å². The predicted molar refractivity (Wildman–Crippen MR) is 78.1 cm³/mol. The Hall–Kier alpha value is -0.760. The summed E-state index contributed by atoms with van der Waals surface area (Å²) in [7, 11) is 0. The molecule has 3 atom stereocenters. The van der Waals surface area contributed by atoms with Crippen molar-refractivity contribution in [1.82, 2.24) is 0 Å². The van der Waals surface area contributed by atoms with E-state index in [1.807, 2.05) is 6.07 Å². The molecule has 1 aromatic carbocycles. The van der Waals surface area contributed by atoms with Crippen LogP contribution in [0.25, 0.3) is 0 Å². The number of hydrogen-bond donors (Lipinski definition) is 1. The Kier molecular flexibility index (Phi) is 3.97. The number of nitrogens with one attached hydrogen (secondary N) is 1. The summed E-state index contributed by atoms with van der Waals surface area (Å²) in [6, 6.07) is 5.51. The SMILES string of the molecule is Fc1cc(NC2CCC3CCCCC3C2)ccc1Cl. The molecule has 0 radical (unpaired) electrons. The molecular weight excluding hydrogens is 261 g/mol. The Morgan fingerprint density at radius 3 is 2.63 bits per heavy atom. The van der Waals surface area contributed by atoms with E-state index in [0.29, 0.717) is 6.04 Å². The second-order valence-electron chi connectivity index (χ2n) is 6.09. The van der Waals surface area contributed by atoms with Crippen molar-refractivity contribution in [2.75, 3.05) is 5.32 Å². The molecule has 2 saturated carbocycles. The number of hydrogen-bond acceptors (Lipinski definition) is 1. The fourth-order valence-electron chi connectivity index (χ4n) is 3.83. The summed E-state index contributed by atoms with van der Waals surface area (Å²) in [5, 5.41) is 3.68. The zero-order chi connectivity index (χ0) is 13.2. The highest BCUT2D eigenvalue weighted by molar-refractivity contribution is 6.30. The third kappa shape index (κ3) is 3.05. The van der Waals surface area contributed by atoms with Crippen molar-refractivity contribution < 1.29 is 4.39 Å². The molecule has 0 saturated heterocycles. The van der Waals surface area contributed by atoms with E-state index in [0.717, 1.165) is 17.5 Å². The van der Waals surface area contributed by atoms with E-state index in [9.17, 15) is 4.39 Å². The van der Waals surface area contributed by atoms with Crippen LogP contribution in [0.1, 0.15) is 44.9 Å². The lowest BCUT2D eigenvalue weighted by Crippen LogP contribution is -2.34. The minimum Gasteiger partial charge on any atom is -0.382 e. The van der Waals surface area contributed by atoms with Crippen molar-refractivity contribution in [2.24, 2.45) is 11.8 Å². The maximum Gasteiger partial charge on any atom is 0.143 e. The Morgan fingerprint density at radius 2 is 1.84 bits per heavy atom. The summed E-state index contributed by atoms with van der Waals surface area (Å²) in [5.74, 6) is 1.50. The zero-order valence-electron chi connectivity index (χ0n) is 11.2. The van der Waals surface area contributed by atoms with Gasteiger partial charge in [-0.15, -0.1) is 0 Å². The van der Waals surface area contributed by atoms with Gasteiger partial charge in [0.25, 0.3) is 0 Å². The van der Waals surface area contributed by atoms with Crippen LogP contribution in [0.5, 0.6) is 0 Å². The van der Waals surface area contributed by atoms with Crippen LogP contribution in [0, 0.1) is 17.7 Å². The molecule has 0 bridgehead atoms. The first-order chi connectivity index (χ1) is 9.22. The smallest absolute Gasteiger partial charge is 0.143 e. The van der Waals surface area contributed by atoms with Gasteiger partial charge in [-0.3, -0.25) is 0 Å². The molecule has 0 amide bonds. The molecule has 19 heavy (non-hydrogen) atoms. The van der Waals surface area contributed by atoms with Crippen LogP contribution >= 0.6 is 11.6 Å². The zero-order valence-corrected chi connectivity index (χ0v) is 11.9. The second kappa shape index (κ2) is 5.70. The van der Waals surface area contributed by atoms with Gasteiger partial charge in [0, 0.05) is 11.7 Å². The molecule has 0 spiro atoms. The molecule has 0 aromatic heterocycles.